The van der Waals surface area contributed by atoms with Gasteiger partial charge in [-0.1, -0.05) is 26.7 Å². The molecule has 1 heterocycles. The van der Waals surface area contributed by atoms with E-state index in [0.717, 1.165) is 45.2 Å². The van der Waals surface area contributed by atoms with Gasteiger partial charge in [-0.25, -0.2) is 8.42 Å². The first-order valence-corrected chi connectivity index (χ1v) is 8.93. The fraction of sp³-hybridized carbons (Fsp3) is 1.00. The summed E-state index contributed by atoms with van der Waals surface area (Å²) in [6.45, 7) is 6.41. The van der Waals surface area contributed by atoms with Crippen LogP contribution >= 0.6 is 0 Å². The van der Waals surface area contributed by atoms with Crippen LogP contribution in [0.25, 0.3) is 0 Å². The van der Waals surface area contributed by atoms with Gasteiger partial charge in [-0.3, -0.25) is 0 Å². The van der Waals surface area contributed by atoms with E-state index in [4.69, 9.17) is 0 Å². The molecule has 1 rings (SSSR count). The van der Waals surface area contributed by atoms with E-state index in [9.17, 15) is 8.42 Å². The predicted octanol–water partition coefficient (Wildman–Crippen LogP) is 1.97. The Morgan fingerprint density at radius 3 is 2.61 bits per heavy atom. The molecule has 1 fully saturated rings. The lowest BCUT2D eigenvalue weighted by molar-refractivity contribution is 0.239. The summed E-state index contributed by atoms with van der Waals surface area (Å²) >= 11 is 0. The first kappa shape index (κ1) is 15.9. The Kier molecular flexibility index (Phi) is 7.19. The van der Waals surface area contributed by atoms with Crippen molar-refractivity contribution < 1.29 is 8.42 Å². The van der Waals surface area contributed by atoms with Gasteiger partial charge in [0.2, 0.25) is 10.0 Å². The summed E-state index contributed by atoms with van der Waals surface area (Å²) in [6.07, 6.45) is 6.33. The van der Waals surface area contributed by atoms with E-state index < -0.39 is 10.0 Å². The van der Waals surface area contributed by atoms with Crippen LogP contribution in [0.3, 0.4) is 0 Å². The lowest BCUT2D eigenvalue weighted by atomic mass is 10.0. The highest BCUT2D eigenvalue weighted by molar-refractivity contribution is 7.89. The van der Waals surface area contributed by atoms with Gasteiger partial charge in [-0.15, -0.1) is 0 Å². The van der Waals surface area contributed by atoms with Crippen molar-refractivity contribution in [3.8, 4) is 0 Å². The Balaban J connectivity index is 2.52. The zero-order chi connectivity index (χ0) is 13.4. The van der Waals surface area contributed by atoms with E-state index in [-0.39, 0.29) is 11.8 Å². The van der Waals surface area contributed by atoms with Crippen LogP contribution in [0.1, 0.15) is 52.4 Å². The minimum Gasteiger partial charge on any atom is -0.316 e. The molecular weight excluding hydrogens is 248 g/mol. The molecule has 1 aliphatic heterocycles. The van der Waals surface area contributed by atoms with Gasteiger partial charge in [-0.05, 0) is 32.2 Å². The number of nitrogens with one attached hydrogen (secondary N) is 1. The second-order valence-corrected chi connectivity index (χ2v) is 7.16. The molecule has 5 heteroatoms. The molecule has 4 nitrogen and oxygen atoms in total. The van der Waals surface area contributed by atoms with E-state index in [0.29, 0.717) is 6.54 Å². The molecule has 0 spiro atoms. The fourth-order valence-electron chi connectivity index (χ4n) is 2.58. The van der Waals surface area contributed by atoms with Crippen molar-refractivity contribution in [2.24, 2.45) is 0 Å². The van der Waals surface area contributed by atoms with Gasteiger partial charge in [0.25, 0.3) is 0 Å². The highest BCUT2D eigenvalue weighted by Gasteiger charge is 2.30. The second-order valence-electron chi connectivity index (χ2n) is 5.12. The highest BCUT2D eigenvalue weighted by atomic mass is 32.2. The largest absolute Gasteiger partial charge is 0.316 e. The molecular formula is C13H28N2O2S. The van der Waals surface area contributed by atoms with Crippen LogP contribution in [0.5, 0.6) is 0 Å². The van der Waals surface area contributed by atoms with E-state index in [1.807, 2.05) is 0 Å². The lowest BCUT2D eigenvalue weighted by Gasteiger charge is -2.34. The molecule has 0 aliphatic carbocycles. The summed E-state index contributed by atoms with van der Waals surface area (Å²) in [6, 6.07) is 0.250. The molecule has 1 aliphatic rings. The third kappa shape index (κ3) is 4.86. The molecule has 0 aromatic carbocycles. The van der Waals surface area contributed by atoms with Crippen LogP contribution in [0.4, 0.5) is 0 Å². The number of hydrogen-bond acceptors (Lipinski definition) is 3. The van der Waals surface area contributed by atoms with E-state index >= 15 is 0 Å². The molecule has 0 amide bonds. The predicted molar refractivity (Wildman–Crippen MR) is 76.2 cm³/mol. The lowest BCUT2D eigenvalue weighted by Crippen LogP contribution is -2.45. The van der Waals surface area contributed by atoms with E-state index in [1.54, 1.807) is 4.31 Å². The summed E-state index contributed by atoms with van der Waals surface area (Å²) < 4.78 is 26.4. The second kappa shape index (κ2) is 8.12. The first-order chi connectivity index (χ1) is 8.61. The molecule has 18 heavy (non-hydrogen) atoms. The maximum atomic E-state index is 12.3. The number of sulfonamides is 1. The number of piperidine rings is 1. The third-order valence-electron chi connectivity index (χ3n) is 3.52. The van der Waals surface area contributed by atoms with Crippen LogP contribution in [-0.4, -0.2) is 44.2 Å². The highest BCUT2D eigenvalue weighted by Crippen LogP contribution is 2.23. The number of nitrogens with zero attached hydrogens (tertiary/aromatic N) is 1. The summed E-state index contributed by atoms with van der Waals surface area (Å²) in [5.41, 5.74) is 0. The average molecular weight is 276 g/mol. The fourth-order valence-corrected chi connectivity index (χ4v) is 4.29. The minimum absolute atomic E-state index is 0.243. The van der Waals surface area contributed by atoms with Crippen molar-refractivity contribution in [1.82, 2.24) is 9.62 Å². The monoisotopic (exact) mass is 276 g/mol. The summed E-state index contributed by atoms with van der Waals surface area (Å²) in [5, 5.41) is 3.17. The van der Waals surface area contributed by atoms with Crippen molar-refractivity contribution in [3.05, 3.63) is 0 Å². The zero-order valence-electron chi connectivity index (χ0n) is 11.8. The van der Waals surface area contributed by atoms with Crippen LogP contribution < -0.4 is 5.32 Å². The summed E-state index contributed by atoms with van der Waals surface area (Å²) in [7, 11) is -3.06. The SMILES string of the molecule is CCCNCCS(=O)(=O)N1CCCCC1CCC. The average Bonchev–Trinajstić information content (AvgIpc) is 2.36. The van der Waals surface area contributed by atoms with Gasteiger partial charge < -0.3 is 5.32 Å². The van der Waals surface area contributed by atoms with Gasteiger partial charge >= 0.3 is 0 Å². The minimum atomic E-state index is -3.06. The maximum absolute atomic E-state index is 12.3. The molecule has 1 saturated heterocycles. The Morgan fingerprint density at radius 2 is 1.94 bits per heavy atom. The van der Waals surface area contributed by atoms with E-state index in [2.05, 4.69) is 19.2 Å². The van der Waals surface area contributed by atoms with Gasteiger partial charge in [0.15, 0.2) is 0 Å². The molecule has 0 radical (unpaired) electrons. The molecule has 0 aromatic heterocycles. The smallest absolute Gasteiger partial charge is 0.215 e. The molecule has 0 bridgehead atoms. The van der Waals surface area contributed by atoms with Crippen molar-refractivity contribution >= 4 is 10.0 Å². The van der Waals surface area contributed by atoms with Crippen LogP contribution in [0.2, 0.25) is 0 Å². The Hall–Kier alpha value is -0.130. The topological polar surface area (TPSA) is 49.4 Å². The van der Waals surface area contributed by atoms with Crippen LogP contribution in [0, 0.1) is 0 Å². The quantitative estimate of drug-likeness (QED) is 0.690. The Labute approximate surface area is 112 Å². The normalized spacial score (nSPS) is 22.2. The third-order valence-corrected chi connectivity index (χ3v) is 5.43. The van der Waals surface area contributed by atoms with Crippen molar-refractivity contribution in [2.45, 2.75) is 58.4 Å². The Morgan fingerprint density at radius 1 is 1.17 bits per heavy atom. The molecule has 1 unspecified atom stereocenters. The van der Waals surface area contributed by atoms with Gasteiger partial charge in [0.1, 0.15) is 0 Å². The molecule has 0 saturated carbocycles. The van der Waals surface area contributed by atoms with E-state index in [1.165, 1.54) is 6.42 Å². The van der Waals surface area contributed by atoms with Crippen molar-refractivity contribution in [2.75, 3.05) is 25.4 Å². The zero-order valence-corrected chi connectivity index (χ0v) is 12.6. The van der Waals surface area contributed by atoms with Crippen molar-refractivity contribution in [1.29, 1.82) is 0 Å². The summed E-state index contributed by atoms with van der Waals surface area (Å²) in [4.78, 5) is 0. The molecule has 1 atom stereocenters. The molecule has 108 valence electrons. The number of rotatable bonds is 8. The van der Waals surface area contributed by atoms with Crippen LogP contribution in [0.15, 0.2) is 0 Å². The first-order valence-electron chi connectivity index (χ1n) is 7.32. The standard InChI is InChI=1S/C13H28N2O2S/c1-3-7-13-8-5-6-11-15(13)18(16,17)12-10-14-9-4-2/h13-14H,3-12H2,1-2H3. The van der Waals surface area contributed by atoms with Gasteiger partial charge in [0, 0.05) is 19.1 Å². The number of hydrogen-bond donors (Lipinski definition) is 1. The summed E-state index contributed by atoms with van der Waals surface area (Å²) in [5.74, 6) is 0.243. The molecule has 0 aromatic rings. The van der Waals surface area contributed by atoms with Gasteiger partial charge in [-0.2, -0.15) is 4.31 Å². The maximum Gasteiger partial charge on any atom is 0.215 e. The van der Waals surface area contributed by atoms with Gasteiger partial charge in [0.05, 0.1) is 5.75 Å². The van der Waals surface area contributed by atoms with Crippen LogP contribution in [-0.2, 0) is 10.0 Å². The van der Waals surface area contributed by atoms with Crippen molar-refractivity contribution in [3.63, 3.8) is 0 Å². The Bertz CT molecular complexity index is 315. The molecule has 1 N–H and O–H groups in total.